The number of methoxy groups -OCH3 is 1. The topological polar surface area (TPSA) is 101 Å². The first-order valence-corrected chi connectivity index (χ1v) is 12.1. The highest BCUT2D eigenvalue weighted by atomic mass is 19.1. The molecular weight excluding hydrogens is 475 g/mol. The monoisotopic (exact) mass is 514 g/mol. The molecule has 3 N–H and O–H groups in total. The summed E-state index contributed by atoms with van der Waals surface area (Å²) in [6.45, 7) is 7.72. The van der Waals surface area contributed by atoms with E-state index in [-0.39, 0.29) is 6.42 Å². The first-order chi connectivity index (χ1) is 17.9. The van der Waals surface area contributed by atoms with E-state index in [1.165, 1.54) is 25.5 Å². The summed E-state index contributed by atoms with van der Waals surface area (Å²) in [6.07, 6.45) is 5.67. The maximum atomic E-state index is 14.7. The number of hydrogen-bond donors (Lipinski definition) is 3. The molecule has 37 heavy (non-hydrogen) atoms. The second-order valence-electron chi connectivity index (χ2n) is 8.04. The first kappa shape index (κ1) is 31.5. The van der Waals surface area contributed by atoms with Crippen LogP contribution in [0.15, 0.2) is 41.4 Å². The summed E-state index contributed by atoms with van der Waals surface area (Å²) in [5.41, 5.74) is 1.78. The molecule has 8 nitrogen and oxygen atoms in total. The average molecular weight is 515 g/mol. The third-order valence-electron chi connectivity index (χ3n) is 5.02. The van der Waals surface area contributed by atoms with E-state index in [2.05, 4.69) is 27.5 Å². The Morgan fingerprint density at radius 2 is 1.76 bits per heavy atom. The average Bonchev–Trinajstić information content (AvgIpc) is 3.70. The number of ether oxygens (including phenoxy) is 2. The number of hydrogen-bond acceptors (Lipinski definition) is 8. The maximum Gasteiger partial charge on any atom is 0.140 e. The van der Waals surface area contributed by atoms with Crippen molar-refractivity contribution < 1.29 is 23.5 Å². The number of benzene rings is 2. The molecule has 0 saturated heterocycles. The van der Waals surface area contributed by atoms with Gasteiger partial charge in [0.05, 0.1) is 18.2 Å². The van der Waals surface area contributed by atoms with Crippen LogP contribution in [0.3, 0.4) is 0 Å². The van der Waals surface area contributed by atoms with Gasteiger partial charge in [0.2, 0.25) is 0 Å². The minimum Gasteiger partial charge on any atom is -0.491 e. The predicted octanol–water partition coefficient (Wildman–Crippen LogP) is 2.96. The van der Waals surface area contributed by atoms with Crippen molar-refractivity contribution in [2.24, 2.45) is 10.9 Å². The number of rotatable bonds is 12. The molecule has 0 spiro atoms. The van der Waals surface area contributed by atoms with Crippen LogP contribution in [0, 0.1) is 11.7 Å². The third kappa shape index (κ3) is 12.8. The molecule has 0 atom stereocenters. The molecule has 1 aliphatic carbocycles. The summed E-state index contributed by atoms with van der Waals surface area (Å²) < 4.78 is 25.1. The minimum atomic E-state index is -0.454. The Bertz CT molecular complexity index is 1080. The van der Waals surface area contributed by atoms with Crippen LogP contribution in [0.5, 0.6) is 5.75 Å². The number of aliphatic imine (C=N–C) groups is 1. The molecule has 2 aromatic rings. The Morgan fingerprint density at radius 3 is 2.19 bits per heavy atom. The Kier molecular flexibility index (Phi) is 15.9. The SMILES string of the molecule is C=c1cc(OCCOC)cc(F)/c1=C(/N=C\C)Nc1ccc(NC)cc1.CNCC1CC1.O=CCC=O. The van der Waals surface area contributed by atoms with Crippen LogP contribution in [-0.4, -0.2) is 59.8 Å². The maximum absolute atomic E-state index is 14.7. The van der Waals surface area contributed by atoms with Gasteiger partial charge in [-0.1, -0.05) is 6.58 Å². The van der Waals surface area contributed by atoms with E-state index in [9.17, 15) is 14.0 Å². The van der Waals surface area contributed by atoms with Gasteiger partial charge in [-0.15, -0.1) is 0 Å². The quantitative estimate of drug-likeness (QED) is 0.173. The van der Waals surface area contributed by atoms with Gasteiger partial charge in [-0.25, -0.2) is 9.38 Å². The van der Waals surface area contributed by atoms with E-state index in [1.54, 1.807) is 26.3 Å². The molecule has 2 aromatic carbocycles. The van der Waals surface area contributed by atoms with E-state index >= 15 is 0 Å². The Labute approximate surface area is 218 Å². The zero-order valence-electron chi connectivity index (χ0n) is 22.2. The van der Waals surface area contributed by atoms with E-state index in [0.717, 1.165) is 17.3 Å². The fraction of sp³-hybridized carbons (Fsp3) is 0.393. The van der Waals surface area contributed by atoms with Gasteiger partial charge in [0.25, 0.3) is 0 Å². The number of halogens is 1. The molecule has 1 saturated carbocycles. The fourth-order valence-electron chi connectivity index (χ4n) is 3.02. The van der Waals surface area contributed by atoms with Crippen molar-refractivity contribution in [2.45, 2.75) is 26.2 Å². The third-order valence-corrected chi connectivity index (χ3v) is 5.02. The van der Waals surface area contributed by atoms with E-state index < -0.39 is 5.82 Å². The summed E-state index contributed by atoms with van der Waals surface area (Å²) in [5.74, 6) is 1.38. The van der Waals surface area contributed by atoms with E-state index in [0.29, 0.717) is 47.8 Å². The van der Waals surface area contributed by atoms with Crippen molar-refractivity contribution >= 4 is 42.6 Å². The second kappa shape index (κ2) is 18.7. The summed E-state index contributed by atoms with van der Waals surface area (Å²) in [6, 6.07) is 10.6. The zero-order valence-corrected chi connectivity index (χ0v) is 22.2. The van der Waals surface area contributed by atoms with Crippen LogP contribution >= 0.6 is 0 Å². The smallest absolute Gasteiger partial charge is 0.140 e. The van der Waals surface area contributed by atoms with Crippen molar-refractivity contribution in [1.82, 2.24) is 5.32 Å². The van der Waals surface area contributed by atoms with Crippen molar-refractivity contribution in [3.63, 3.8) is 0 Å². The first-order valence-electron chi connectivity index (χ1n) is 12.1. The lowest BCUT2D eigenvalue weighted by Crippen LogP contribution is -2.31. The molecule has 1 aliphatic rings. The zero-order chi connectivity index (χ0) is 27.5. The van der Waals surface area contributed by atoms with Crippen LogP contribution in [0.1, 0.15) is 26.2 Å². The lowest BCUT2D eigenvalue weighted by molar-refractivity contribution is -0.114. The number of anilines is 2. The molecule has 202 valence electrons. The van der Waals surface area contributed by atoms with Gasteiger partial charge in [-0.3, -0.25) is 0 Å². The molecule has 1 fully saturated rings. The van der Waals surface area contributed by atoms with Crippen molar-refractivity contribution in [1.29, 1.82) is 0 Å². The molecule has 0 amide bonds. The van der Waals surface area contributed by atoms with Gasteiger partial charge < -0.3 is 35.0 Å². The molecule has 0 aliphatic heterocycles. The van der Waals surface area contributed by atoms with Crippen LogP contribution < -0.4 is 31.1 Å². The van der Waals surface area contributed by atoms with Gasteiger partial charge >= 0.3 is 0 Å². The highest BCUT2D eigenvalue weighted by molar-refractivity contribution is 5.72. The number of carbonyl (C=O) groups excluding carboxylic acids is 2. The molecule has 3 rings (SSSR count). The Hall–Kier alpha value is -3.56. The minimum absolute atomic E-state index is 0.0278. The summed E-state index contributed by atoms with van der Waals surface area (Å²) >= 11 is 0. The van der Waals surface area contributed by atoms with Gasteiger partial charge in [-0.05, 0) is 74.8 Å². The van der Waals surface area contributed by atoms with Gasteiger partial charge in [-0.2, -0.15) is 0 Å². The Morgan fingerprint density at radius 1 is 1.11 bits per heavy atom. The fourth-order valence-corrected chi connectivity index (χ4v) is 3.02. The molecule has 0 aromatic heterocycles. The molecular formula is C28H39FN4O4. The normalized spacial score (nSPS) is 12.9. The molecule has 0 radical (unpaired) electrons. The highest BCUT2D eigenvalue weighted by Crippen LogP contribution is 2.27. The number of aldehydes is 2. The lowest BCUT2D eigenvalue weighted by atomic mass is 10.2. The van der Waals surface area contributed by atoms with Crippen molar-refractivity contribution in [3.05, 3.63) is 52.7 Å². The lowest BCUT2D eigenvalue weighted by Gasteiger charge is -2.10. The van der Waals surface area contributed by atoms with Gasteiger partial charge in [0, 0.05) is 37.8 Å². The van der Waals surface area contributed by atoms with Crippen LogP contribution in [0.25, 0.3) is 12.4 Å². The standard InChI is InChI=1S/C20H24FN3O2.C5H11N.C3H4O2/c1-5-23-20(24-16-8-6-15(22-3)7-9-16)19-14(2)12-17(13-18(19)21)26-11-10-25-4;1-6-4-5-2-3-5;4-2-1-3-5/h5-9,12-13,22,24H,2,10-11H2,1,3-4H3;5-6H,2-4H2,1H3;2-3H,1H2/b20-19-,23-5-;;. The second-order valence-corrected chi connectivity index (χ2v) is 8.04. The summed E-state index contributed by atoms with van der Waals surface area (Å²) in [7, 11) is 5.44. The largest absolute Gasteiger partial charge is 0.491 e. The van der Waals surface area contributed by atoms with E-state index in [1.807, 2.05) is 38.4 Å². The number of carbonyl (C=O) groups is 2. The molecule has 0 bridgehead atoms. The summed E-state index contributed by atoms with van der Waals surface area (Å²) in [5, 5.41) is 10.1. The van der Waals surface area contributed by atoms with Crippen LogP contribution in [-0.2, 0) is 14.3 Å². The van der Waals surface area contributed by atoms with Crippen LogP contribution in [0.2, 0.25) is 0 Å². The van der Waals surface area contributed by atoms with Crippen molar-refractivity contribution in [2.75, 3.05) is 51.6 Å². The molecule has 0 heterocycles. The number of nitrogens with one attached hydrogen (secondary N) is 3. The highest BCUT2D eigenvalue weighted by Gasteiger charge is 2.19. The Balaban J connectivity index is 0.000000513. The summed E-state index contributed by atoms with van der Waals surface area (Å²) in [4.78, 5) is 22.6. The molecule has 0 unspecified atom stereocenters. The van der Waals surface area contributed by atoms with Gasteiger partial charge in [0.1, 0.15) is 36.6 Å². The van der Waals surface area contributed by atoms with Gasteiger partial charge in [0.15, 0.2) is 0 Å². The van der Waals surface area contributed by atoms with Crippen LogP contribution in [0.4, 0.5) is 15.8 Å². The predicted molar refractivity (Wildman–Crippen MR) is 149 cm³/mol. The van der Waals surface area contributed by atoms with Crippen molar-refractivity contribution in [3.8, 4) is 5.75 Å². The molecule has 9 heteroatoms. The number of nitrogens with zero attached hydrogens (tertiary/aromatic N) is 1. The van der Waals surface area contributed by atoms with E-state index in [4.69, 9.17) is 9.47 Å².